The molecule has 0 amide bonds. The van der Waals surface area contributed by atoms with Crippen LogP contribution in [0.25, 0.3) is 103 Å². The Hall–Kier alpha value is -8.18. The molecule has 0 unspecified atom stereocenters. The predicted molar refractivity (Wildman–Crippen MR) is 272 cm³/mol. The third-order valence-corrected chi connectivity index (χ3v) is 13.9. The maximum Gasteiger partial charge on any atom is 0.145 e. The zero-order chi connectivity index (χ0) is 42.1. The summed E-state index contributed by atoms with van der Waals surface area (Å²) in [6, 6.07) is 83.4. The second-order valence-corrected chi connectivity index (χ2v) is 17.5. The van der Waals surface area contributed by atoms with E-state index in [9.17, 15) is 0 Å². The highest BCUT2D eigenvalue weighted by atomic mass is 32.1. The first-order chi connectivity index (χ1) is 31.7. The molecule has 0 fully saturated rings. The van der Waals surface area contributed by atoms with E-state index in [1.807, 2.05) is 11.3 Å². The van der Waals surface area contributed by atoms with Crippen LogP contribution in [0.15, 0.2) is 235 Å². The van der Waals surface area contributed by atoms with E-state index in [2.05, 4.69) is 240 Å². The molecule has 0 aliphatic rings. The Morgan fingerprint density at radius 2 is 0.953 bits per heavy atom. The SMILES string of the molecule is c1ccc(-c2ccc3c(c2)oc2c(-c4ccccc4)ccc(N(c4cccc(-n5c6ccccc6c6ccccc65)c4)c4ccc5sc6ccc(-c7ccccc7)cc6c5c4)c23)cc1. The van der Waals surface area contributed by atoms with Gasteiger partial charge >= 0.3 is 0 Å². The Morgan fingerprint density at radius 1 is 0.375 bits per heavy atom. The molecule has 0 bridgehead atoms. The van der Waals surface area contributed by atoms with Crippen molar-refractivity contribution in [2.45, 2.75) is 0 Å². The molecule has 4 heteroatoms. The largest absolute Gasteiger partial charge is 0.455 e. The lowest BCUT2D eigenvalue weighted by Crippen LogP contribution is -2.11. The lowest BCUT2D eigenvalue weighted by molar-refractivity contribution is 0.670. The zero-order valence-electron chi connectivity index (χ0n) is 34.7. The van der Waals surface area contributed by atoms with Crippen LogP contribution >= 0.6 is 11.3 Å². The van der Waals surface area contributed by atoms with E-state index < -0.39 is 0 Å². The molecule has 0 saturated carbocycles. The first-order valence-corrected chi connectivity index (χ1v) is 22.6. The van der Waals surface area contributed by atoms with E-state index in [1.165, 1.54) is 53.1 Å². The van der Waals surface area contributed by atoms with Gasteiger partial charge in [0, 0.05) is 59.0 Å². The topological polar surface area (TPSA) is 21.3 Å². The highest BCUT2D eigenvalue weighted by molar-refractivity contribution is 7.25. The van der Waals surface area contributed by atoms with E-state index in [4.69, 9.17) is 4.42 Å². The van der Waals surface area contributed by atoms with Crippen LogP contribution in [0, 0.1) is 0 Å². The number of hydrogen-bond acceptors (Lipinski definition) is 3. The second kappa shape index (κ2) is 14.7. The van der Waals surface area contributed by atoms with E-state index >= 15 is 0 Å². The maximum atomic E-state index is 7.08. The van der Waals surface area contributed by atoms with Crippen molar-refractivity contribution < 1.29 is 4.42 Å². The van der Waals surface area contributed by atoms with E-state index in [0.717, 1.165) is 66.9 Å². The summed E-state index contributed by atoms with van der Waals surface area (Å²) in [6.45, 7) is 0. The third-order valence-electron chi connectivity index (χ3n) is 12.8. The van der Waals surface area contributed by atoms with Crippen molar-refractivity contribution in [1.29, 1.82) is 0 Å². The highest BCUT2D eigenvalue weighted by Gasteiger charge is 2.24. The molecule has 300 valence electrons. The number of benzene rings is 10. The van der Waals surface area contributed by atoms with Crippen LogP contribution in [0.5, 0.6) is 0 Å². The van der Waals surface area contributed by atoms with Crippen molar-refractivity contribution in [3.8, 4) is 39.1 Å². The normalized spacial score (nSPS) is 11.8. The summed E-state index contributed by atoms with van der Waals surface area (Å²) in [5.74, 6) is 0. The minimum Gasteiger partial charge on any atom is -0.455 e. The Kier molecular flexibility index (Phi) is 8.40. The third kappa shape index (κ3) is 5.88. The average Bonchev–Trinajstić information content (AvgIpc) is 4.04. The lowest BCUT2D eigenvalue weighted by Gasteiger charge is -2.27. The second-order valence-electron chi connectivity index (χ2n) is 16.5. The number of thiophene rings is 1. The van der Waals surface area contributed by atoms with Crippen LogP contribution < -0.4 is 4.90 Å². The van der Waals surface area contributed by atoms with Crippen LogP contribution in [0.3, 0.4) is 0 Å². The molecule has 64 heavy (non-hydrogen) atoms. The van der Waals surface area contributed by atoms with Gasteiger partial charge in [0.15, 0.2) is 0 Å². The number of rotatable bonds is 7. The van der Waals surface area contributed by atoms with Gasteiger partial charge in [0.1, 0.15) is 11.2 Å². The molecule has 0 saturated heterocycles. The summed E-state index contributed by atoms with van der Waals surface area (Å²) in [7, 11) is 0. The molecule has 0 N–H and O–H groups in total. The van der Waals surface area contributed by atoms with Crippen LogP contribution in [-0.2, 0) is 0 Å². The van der Waals surface area contributed by atoms with Crippen molar-refractivity contribution in [2.24, 2.45) is 0 Å². The Bertz CT molecular complexity index is 3850. The summed E-state index contributed by atoms with van der Waals surface area (Å²) >= 11 is 1.85. The van der Waals surface area contributed by atoms with Gasteiger partial charge < -0.3 is 13.9 Å². The van der Waals surface area contributed by atoms with Gasteiger partial charge in [-0.05, 0) is 113 Å². The van der Waals surface area contributed by atoms with Crippen LogP contribution in [-0.4, -0.2) is 4.57 Å². The van der Waals surface area contributed by atoms with E-state index in [1.54, 1.807) is 0 Å². The number of anilines is 3. The number of hydrogen-bond donors (Lipinski definition) is 0. The van der Waals surface area contributed by atoms with Crippen LogP contribution in [0.1, 0.15) is 0 Å². The molecule has 10 aromatic carbocycles. The molecule has 3 nitrogen and oxygen atoms in total. The molecule has 13 rings (SSSR count). The molecule has 3 aromatic heterocycles. The summed E-state index contributed by atoms with van der Waals surface area (Å²) in [6.07, 6.45) is 0. The van der Waals surface area contributed by atoms with Gasteiger partial charge in [0.25, 0.3) is 0 Å². The number of fused-ring (bicyclic) bond motifs is 9. The van der Waals surface area contributed by atoms with Gasteiger partial charge in [-0.15, -0.1) is 11.3 Å². The van der Waals surface area contributed by atoms with Gasteiger partial charge in [0.2, 0.25) is 0 Å². The molecular formula is C60H38N2OS. The minimum absolute atomic E-state index is 0.854. The standard InChI is InChI=1S/C60H38N2OS/c1-4-15-39(16-5-1)42-28-33-57-51(35-42)52-38-46(29-34-58(52)64-57)61(44-21-14-22-45(37-44)62-53-25-12-10-23-48(53)49-24-11-13-26-54(49)62)55-32-31-47(41-19-8-3-9-20-41)60-59(55)50-30-27-43(36-56(50)63-60)40-17-6-2-7-18-40/h1-38H. The van der Waals surface area contributed by atoms with E-state index in [-0.39, 0.29) is 0 Å². The molecule has 0 aliphatic carbocycles. The number of nitrogens with zero attached hydrogens (tertiary/aromatic N) is 2. The number of para-hydroxylation sites is 2. The number of furan rings is 1. The monoisotopic (exact) mass is 834 g/mol. The first-order valence-electron chi connectivity index (χ1n) is 21.7. The Morgan fingerprint density at radius 3 is 1.66 bits per heavy atom. The van der Waals surface area contributed by atoms with Crippen molar-refractivity contribution in [1.82, 2.24) is 4.57 Å². The van der Waals surface area contributed by atoms with Gasteiger partial charge in [-0.1, -0.05) is 146 Å². The van der Waals surface area contributed by atoms with Crippen LogP contribution in [0.4, 0.5) is 17.1 Å². The first kappa shape index (κ1) is 36.5. The summed E-state index contributed by atoms with van der Waals surface area (Å²) < 4.78 is 12.0. The van der Waals surface area contributed by atoms with E-state index in [0.29, 0.717) is 0 Å². The predicted octanol–water partition coefficient (Wildman–Crippen LogP) is 17.5. The quantitative estimate of drug-likeness (QED) is 0.159. The van der Waals surface area contributed by atoms with Crippen molar-refractivity contribution in [3.63, 3.8) is 0 Å². The smallest absolute Gasteiger partial charge is 0.145 e. The van der Waals surface area contributed by atoms with Crippen molar-refractivity contribution in [2.75, 3.05) is 4.90 Å². The number of aromatic nitrogens is 1. The van der Waals surface area contributed by atoms with Gasteiger partial charge in [-0.2, -0.15) is 0 Å². The molecule has 0 radical (unpaired) electrons. The molecule has 0 atom stereocenters. The fourth-order valence-electron chi connectivity index (χ4n) is 9.82. The molecule has 0 aliphatic heterocycles. The molecule has 13 aromatic rings. The fourth-order valence-corrected chi connectivity index (χ4v) is 10.9. The van der Waals surface area contributed by atoms with Crippen molar-refractivity contribution in [3.05, 3.63) is 231 Å². The fraction of sp³-hybridized carbons (Fsp3) is 0. The lowest BCUT2D eigenvalue weighted by atomic mass is 9.98. The van der Waals surface area contributed by atoms with Gasteiger partial charge in [0.05, 0.1) is 22.1 Å². The molecule has 0 spiro atoms. The Balaban J connectivity index is 1.09. The minimum atomic E-state index is 0.854. The van der Waals surface area contributed by atoms with Gasteiger partial charge in [-0.3, -0.25) is 0 Å². The molecular weight excluding hydrogens is 797 g/mol. The molecule has 3 heterocycles. The summed E-state index contributed by atoms with van der Waals surface area (Å²) in [4.78, 5) is 2.44. The van der Waals surface area contributed by atoms with Crippen molar-refractivity contribution >= 4 is 92.3 Å². The van der Waals surface area contributed by atoms with Crippen LogP contribution in [0.2, 0.25) is 0 Å². The average molecular weight is 835 g/mol. The Labute approximate surface area is 373 Å². The summed E-state index contributed by atoms with van der Waals surface area (Å²) in [5, 5.41) is 7.11. The summed E-state index contributed by atoms with van der Waals surface area (Å²) in [5.41, 5.74) is 15.2. The zero-order valence-corrected chi connectivity index (χ0v) is 35.5. The van der Waals surface area contributed by atoms with Gasteiger partial charge in [-0.25, -0.2) is 0 Å². The maximum absolute atomic E-state index is 7.08. The highest BCUT2D eigenvalue weighted by Crippen LogP contribution is 2.48.